The average Bonchev–Trinajstić information content (AvgIpc) is 3.01. The lowest BCUT2D eigenvalue weighted by molar-refractivity contribution is -0.119. The first-order valence-corrected chi connectivity index (χ1v) is 8.79. The summed E-state index contributed by atoms with van der Waals surface area (Å²) in [7, 11) is -3.35. The summed E-state index contributed by atoms with van der Waals surface area (Å²) >= 11 is 0. The molecule has 0 radical (unpaired) electrons. The van der Waals surface area contributed by atoms with Crippen molar-refractivity contribution in [2.24, 2.45) is 0 Å². The van der Waals surface area contributed by atoms with E-state index in [1.165, 1.54) is 4.31 Å². The summed E-state index contributed by atoms with van der Waals surface area (Å²) in [5, 5.41) is 9.63. The fourth-order valence-electron chi connectivity index (χ4n) is 2.65. The maximum Gasteiger partial charge on any atom is 0.242 e. The Balaban J connectivity index is 2.15. The first-order valence-electron chi connectivity index (χ1n) is 7.18. The average molecular weight is 314 g/mol. The first kappa shape index (κ1) is 16.0. The van der Waals surface area contributed by atoms with Crippen molar-refractivity contribution in [1.82, 2.24) is 14.5 Å². The van der Waals surface area contributed by atoms with Gasteiger partial charge in [0, 0.05) is 6.54 Å². The summed E-state index contributed by atoms with van der Waals surface area (Å²) in [5.74, 6) is -0.194. The van der Waals surface area contributed by atoms with Gasteiger partial charge in [-0.15, -0.1) is 0 Å². The predicted molar refractivity (Wildman–Crippen MR) is 80.5 cm³/mol. The second-order valence-corrected chi connectivity index (χ2v) is 7.42. The van der Waals surface area contributed by atoms with Crippen molar-refractivity contribution in [2.75, 3.05) is 17.6 Å². The lowest BCUT2D eigenvalue weighted by Gasteiger charge is -2.23. The molecule has 1 atom stereocenters. The number of nitrogens with zero attached hydrogens (tertiary/aromatic N) is 2. The molecule has 0 aromatic carbocycles. The van der Waals surface area contributed by atoms with E-state index in [4.69, 9.17) is 0 Å². The highest BCUT2D eigenvalue weighted by atomic mass is 32.2. The normalized spacial score (nSPS) is 19.9. The molecule has 0 saturated carbocycles. The summed E-state index contributed by atoms with van der Waals surface area (Å²) in [6.45, 7) is 5.85. The number of aromatic amines is 1. The van der Waals surface area contributed by atoms with Gasteiger partial charge in [-0.3, -0.25) is 9.89 Å². The quantitative estimate of drug-likeness (QED) is 0.853. The fourth-order valence-corrected chi connectivity index (χ4v) is 4.40. The fraction of sp³-hybridized carbons (Fsp3) is 0.692. The monoisotopic (exact) mass is 314 g/mol. The van der Waals surface area contributed by atoms with Crippen molar-refractivity contribution >= 4 is 21.6 Å². The van der Waals surface area contributed by atoms with E-state index >= 15 is 0 Å². The summed E-state index contributed by atoms with van der Waals surface area (Å²) < 4.78 is 25.8. The molecule has 1 fully saturated rings. The molecule has 21 heavy (non-hydrogen) atoms. The number of carbonyl (C=O) groups excluding carboxylic acids is 1. The van der Waals surface area contributed by atoms with Gasteiger partial charge in [0.1, 0.15) is 6.04 Å². The van der Waals surface area contributed by atoms with Crippen LogP contribution in [-0.2, 0) is 14.8 Å². The topological polar surface area (TPSA) is 95.2 Å². The van der Waals surface area contributed by atoms with Gasteiger partial charge in [-0.2, -0.15) is 9.40 Å². The molecule has 1 amide bonds. The smallest absolute Gasteiger partial charge is 0.242 e. The van der Waals surface area contributed by atoms with Gasteiger partial charge in [-0.1, -0.05) is 6.92 Å². The number of hydrogen-bond donors (Lipinski definition) is 2. The number of aryl methyl sites for hydroxylation is 2. The molecule has 2 heterocycles. The molecule has 1 aliphatic heterocycles. The summed E-state index contributed by atoms with van der Waals surface area (Å²) in [4.78, 5) is 12.4. The number of amides is 1. The molecule has 0 spiro atoms. The van der Waals surface area contributed by atoms with Crippen LogP contribution in [0.25, 0.3) is 0 Å². The number of carbonyl (C=O) groups is 1. The molecule has 1 saturated heterocycles. The Bertz CT molecular complexity index is 604. The van der Waals surface area contributed by atoms with Gasteiger partial charge in [0.25, 0.3) is 0 Å². The van der Waals surface area contributed by atoms with Crippen LogP contribution in [0.1, 0.15) is 37.6 Å². The van der Waals surface area contributed by atoms with Crippen molar-refractivity contribution in [3.05, 3.63) is 11.4 Å². The molecule has 1 aromatic rings. The number of aromatic nitrogens is 2. The van der Waals surface area contributed by atoms with Crippen LogP contribution < -0.4 is 5.32 Å². The zero-order valence-electron chi connectivity index (χ0n) is 12.6. The van der Waals surface area contributed by atoms with Gasteiger partial charge in [0.15, 0.2) is 0 Å². The third-order valence-electron chi connectivity index (χ3n) is 3.70. The first-order chi connectivity index (χ1) is 9.86. The highest BCUT2D eigenvalue weighted by Crippen LogP contribution is 2.24. The van der Waals surface area contributed by atoms with Crippen LogP contribution in [0.5, 0.6) is 0 Å². The molecule has 118 valence electrons. The van der Waals surface area contributed by atoms with E-state index in [0.717, 1.165) is 5.69 Å². The number of anilines is 1. The van der Waals surface area contributed by atoms with Crippen molar-refractivity contribution in [1.29, 1.82) is 0 Å². The second kappa shape index (κ2) is 6.15. The Hall–Kier alpha value is -1.41. The molecular formula is C13H22N4O3S. The highest BCUT2D eigenvalue weighted by molar-refractivity contribution is 7.89. The zero-order valence-corrected chi connectivity index (χ0v) is 13.5. The Morgan fingerprint density at radius 2 is 2.19 bits per heavy atom. The maximum atomic E-state index is 12.4. The molecule has 0 aliphatic carbocycles. The summed E-state index contributed by atoms with van der Waals surface area (Å²) in [6.07, 6.45) is 1.82. The van der Waals surface area contributed by atoms with E-state index in [-0.39, 0.29) is 11.7 Å². The standard InChI is InChI=1S/C13H22N4O3S/c1-4-8-21(19,20)17-7-5-6-11(17)13(18)14-12-9(2)15-16-10(12)3/h11H,4-8H2,1-3H3,(H,14,18)(H,15,16). The number of nitrogens with one attached hydrogen (secondary N) is 2. The molecular weight excluding hydrogens is 292 g/mol. The third-order valence-corrected chi connectivity index (χ3v) is 5.78. The largest absolute Gasteiger partial charge is 0.322 e. The SMILES string of the molecule is CCCS(=O)(=O)N1CCCC1C(=O)Nc1c(C)n[nH]c1C. The molecule has 2 N–H and O–H groups in total. The van der Waals surface area contributed by atoms with E-state index in [1.54, 1.807) is 6.92 Å². The Morgan fingerprint density at radius 3 is 2.76 bits per heavy atom. The van der Waals surface area contributed by atoms with E-state index in [2.05, 4.69) is 15.5 Å². The number of sulfonamides is 1. The van der Waals surface area contributed by atoms with Gasteiger partial charge in [0.2, 0.25) is 15.9 Å². The molecule has 2 rings (SSSR count). The van der Waals surface area contributed by atoms with Gasteiger partial charge < -0.3 is 5.32 Å². The van der Waals surface area contributed by atoms with Crippen molar-refractivity contribution < 1.29 is 13.2 Å². The van der Waals surface area contributed by atoms with Gasteiger partial charge in [-0.25, -0.2) is 8.42 Å². The highest BCUT2D eigenvalue weighted by Gasteiger charge is 2.38. The zero-order chi connectivity index (χ0) is 15.6. The van der Waals surface area contributed by atoms with E-state index in [9.17, 15) is 13.2 Å². The van der Waals surface area contributed by atoms with E-state index in [1.807, 2.05) is 13.8 Å². The molecule has 7 nitrogen and oxygen atoms in total. The van der Waals surface area contributed by atoms with Gasteiger partial charge in [-0.05, 0) is 33.1 Å². The van der Waals surface area contributed by atoms with Crippen LogP contribution in [0, 0.1) is 13.8 Å². The second-order valence-electron chi connectivity index (χ2n) is 5.38. The van der Waals surface area contributed by atoms with Crippen LogP contribution in [0.4, 0.5) is 5.69 Å². The van der Waals surface area contributed by atoms with Crippen LogP contribution >= 0.6 is 0 Å². The third kappa shape index (κ3) is 3.26. The Kier molecular flexibility index (Phi) is 4.67. The minimum atomic E-state index is -3.35. The maximum absolute atomic E-state index is 12.4. The van der Waals surface area contributed by atoms with Gasteiger partial charge in [0.05, 0.1) is 22.8 Å². The minimum Gasteiger partial charge on any atom is -0.322 e. The summed E-state index contributed by atoms with van der Waals surface area (Å²) in [6, 6.07) is -0.616. The minimum absolute atomic E-state index is 0.0839. The number of H-pyrrole nitrogens is 1. The Morgan fingerprint density at radius 1 is 1.48 bits per heavy atom. The number of rotatable bonds is 5. The van der Waals surface area contributed by atoms with Crippen LogP contribution in [0.15, 0.2) is 0 Å². The molecule has 8 heteroatoms. The molecule has 1 aliphatic rings. The van der Waals surface area contributed by atoms with Gasteiger partial charge >= 0.3 is 0 Å². The van der Waals surface area contributed by atoms with Crippen molar-refractivity contribution in [3.8, 4) is 0 Å². The number of hydrogen-bond acceptors (Lipinski definition) is 4. The molecule has 1 unspecified atom stereocenters. The van der Waals surface area contributed by atoms with E-state index < -0.39 is 16.1 Å². The van der Waals surface area contributed by atoms with Crippen molar-refractivity contribution in [2.45, 2.75) is 46.1 Å². The lowest BCUT2D eigenvalue weighted by atomic mass is 10.2. The van der Waals surface area contributed by atoms with Crippen LogP contribution in [0.3, 0.4) is 0 Å². The summed E-state index contributed by atoms with van der Waals surface area (Å²) in [5.41, 5.74) is 2.10. The van der Waals surface area contributed by atoms with Crippen molar-refractivity contribution in [3.63, 3.8) is 0 Å². The molecule has 0 bridgehead atoms. The van der Waals surface area contributed by atoms with Crippen LogP contribution in [0.2, 0.25) is 0 Å². The Labute approximate surface area is 125 Å². The predicted octanol–water partition coefficient (Wildman–Crippen LogP) is 1.17. The lowest BCUT2D eigenvalue weighted by Crippen LogP contribution is -2.44. The molecule has 1 aromatic heterocycles. The van der Waals surface area contributed by atoms with E-state index in [0.29, 0.717) is 37.2 Å². The van der Waals surface area contributed by atoms with Crippen LogP contribution in [-0.4, -0.2) is 47.2 Å².